The van der Waals surface area contributed by atoms with Crippen molar-refractivity contribution in [3.63, 3.8) is 0 Å². The molecular formula is C2H7NO4S2. The normalized spacial score (nSPS) is 15.4. The molecular weight excluding hydrogens is 166 g/mol. The minimum Gasteiger partial charge on any atom is -0.318 e. The molecule has 0 spiro atoms. The first-order valence-corrected chi connectivity index (χ1v) is 4.17. The molecule has 0 fully saturated rings. The summed E-state index contributed by atoms with van der Waals surface area (Å²) in [5, 5.41) is -0.480. The molecule has 0 saturated heterocycles. The van der Waals surface area contributed by atoms with Crippen LogP contribution in [0.25, 0.3) is 0 Å². The van der Waals surface area contributed by atoms with Crippen molar-refractivity contribution in [2.75, 3.05) is 0 Å². The molecule has 0 heterocycles. The quantitative estimate of drug-likeness (QED) is 0.348. The average Bonchev–Trinajstić information content (AvgIpc) is 1.59. The van der Waals surface area contributed by atoms with Crippen molar-refractivity contribution in [3.05, 3.63) is 0 Å². The lowest BCUT2D eigenvalue weighted by molar-refractivity contribution is 0.406. The van der Waals surface area contributed by atoms with Crippen LogP contribution in [0, 0.1) is 0 Å². The van der Waals surface area contributed by atoms with E-state index in [0.717, 1.165) is 0 Å². The molecule has 1 atom stereocenters. The molecule has 0 aliphatic heterocycles. The zero-order chi connectivity index (χ0) is 7.49. The van der Waals surface area contributed by atoms with Gasteiger partial charge in [0.1, 0.15) is 0 Å². The monoisotopic (exact) mass is 173 g/mol. The van der Waals surface area contributed by atoms with E-state index in [4.69, 9.17) is 10.3 Å². The van der Waals surface area contributed by atoms with Crippen LogP contribution in [0.3, 0.4) is 0 Å². The smallest absolute Gasteiger partial charge is 0.318 e. The molecule has 1 unspecified atom stereocenters. The number of hydrogen-bond donors (Lipinski definition) is 2. The van der Waals surface area contributed by atoms with Gasteiger partial charge in [0.05, 0.1) is 5.37 Å². The van der Waals surface area contributed by atoms with Gasteiger partial charge < -0.3 is 5.73 Å². The Morgan fingerprint density at radius 1 is 1.78 bits per heavy atom. The topological polar surface area (TPSA) is 89.6 Å². The van der Waals surface area contributed by atoms with Crippen molar-refractivity contribution in [1.29, 1.82) is 0 Å². The molecule has 0 aliphatic rings. The van der Waals surface area contributed by atoms with Gasteiger partial charge in [-0.25, -0.2) is 0 Å². The second kappa shape index (κ2) is 3.37. The molecule has 0 saturated carbocycles. The van der Waals surface area contributed by atoms with Crippen LogP contribution in [0.4, 0.5) is 0 Å². The molecule has 3 N–H and O–H groups in total. The van der Waals surface area contributed by atoms with Gasteiger partial charge in [-0.1, -0.05) is 0 Å². The fraction of sp³-hybridized carbons (Fsp3) is 1.00. The van der Waals surface area contributed by atoms with E-state index in [1.54, 1.807) is 0 Å². The first kappa shape index (κ1) is 9.18. The molecule has 0 aliphatic carbocycles. The fourth-order valence-corrected chi connectivity index (χ4v) is 1.00. The summed E-state index contributed by atoms with van der Waals surface area (Å²) >= 11 is 0.478. The maximum atomic E-state index is 9.79. The first-order valence-electron chi connectivity index (χ1n) is 2.00. The van der Waals surface area contributed by atoms with Gasteiger partial charge in [0.2, 0.25) is 0 Å². The summed E-state index contributed by atoms with van der Waals surface area (Å²) in [7, 11) is -4.34. The van der Waals surface area contributed by atoms with Crippen LogP contribution in [0.2, 0.25) is 0 Å². The van der Waals surface area contributed by atoms with Crippen molar-refractivity contribution in [1.82, 2.24) is 0 Å². The standard InChI is InChI=1S/C2H7NO4S2/c1-2(3)8-7-9(4,5)6/h2H,3H2,1H3,(H,4,5,6). The lowest BCUT2D eigenvalue weighted by Crippen LogP contribution is -2.11. The van der Waals surface area contributed by atoms with Crippen LogP contribution in [-0.4, -0.2) is 18.3 Å². The average molecular weight is 173 g/mol. The van der Waals surface area contributed by atoms with Crippen molar-refractivity contribution in [2.45, 2.75) is 12.3 Å². The fourth-order valence-electron chi connectivity index (χ4n) is 0.112. The van der Waals surface area contributed by atoms with Crippen molar-refractivity contribution in [3.8, 4) is 0 Å². The van der Waals surface area contributed by atoms with Crippen LogP contribution in [0.15, 0.2) is 0 Å². The summed E-state index contributed by atoms with van der Waals surface area (Å²) in [6.45, 7) is 1.52. The van der Waals surface area contributed by atoms with E-state index in [0.29, 0.717) is 12.0 Å². The summed E-state index contributed by atoms with van der Waals surface area (Å²) in [5.74, 6) is 0. The highest BCUT2D eigenvalue weighted by Crippen LogP contribution is 2.08. The molecule has 0 radical (unpaired) electrons. The molecule has 0 aromatic carbocycles. The highest BCUT2D eigenvalue weighted by molar-refractivity contribution is 8.03. The molecule has 0 amide bonds. The van der Waals surface area contributed by atoms with Gasteiger partial charge in [-0.3, -0.25) is 4.55 Å². The van der Waals surface area contributed by atoms with Crippen molar-refractivity contribution >= 4 is 22.4 Å². The van der Waals surface area contributed by atoms with Gasteiger partial charge in [-0.05, 0) is 6.92 Å². The van der Waals surface area contributed by atoms with E-state index < -0.39 is 15.8 Å². The largest absolute Gasteiger partial charge is 0.408 e. The van der Waals surface area contributed by atoms with E-state index >= 15 is 0 Å². The van der Waals surface area contributed by atoms with E-state index in [2.05, 4.69) is 3.63 Å². The van der Waals surface area contributed by atoms with E-state index in [1.807, 2.05) is 0 Å². The van der Waals surface area contributed by atoms with Crippen molar-refractivity contribution < 1.29 is 16.6 Å². The Labute approximate surface area is 57.7 Å². The second-order valence-electron chi connectivity index (χ2n) is 1.30. The van der Waals surface area contributed by atoms with Gasteiger partial charge in [-0.15, -0.1) is 0 Å². The Balaban J connectivity index is 3.53. The molecule has 0 rings (SSSR count). The zero-order valence-electron chi connectivity index (χ0n) is 4.64. The summed E-state index contributed by atoms with van der Waals surface area (Å²) in [6, 6.07) is 0. The van der Waals surface area contributed by atoms with Crippen LogP contribution in [0.1, 0.15) is 6.92 Å². The molecule has 56 valence electrons. The van der Waals surface area contributed by atoms with Crippen LogP contribution in [0.5, 0.6) is 0 Å². The maximum Gasteiger partial charge on any atom is 0.408 e. The Hall–Kier alpha value is 0.180. The molecule has 9 heavy (non-hydrogen) atoms. The molecule has 0 aromatic rings. The van der Waals surface area contributed by atoms with E-state index in [1.165, 1.54) is 6.92 Å². The minimum absolute atomic E-state index is 0.478. The van der Waals surface area contributed by atoms with Crippen molar-refractivity contribution in [2.24, 2.45) is 5.73 Å². The molecule has 7 heteroatoms. The predicted molar refractivity (Wildman–Crippen MR) is 33.9 cm³/mol. The summed E-state index contributed by atoms with van der Waals surface area (Å²) in [4.78, 5) is 0. The molecule has 0 bridgehead atoms. The predicted octanol–water partition coefficient (Wildman–Crippen LogP) is -0.241. The Morgan fingerprint density at radius 2 is 2.22 bits per heavy atom. The minimum atomic E-state index is -4.34. The first-order chi connectivity index (χ1) is 3.92. The molecule has 5 nitrogen and oxygen atoms in total. The number of hydrogen-bond acceptors (Lipinski definition) is 5. The Kier molecular flexibility index (Phi) is 3.44. The summed E-state index contributed by atoms with van der Waals surface area (Å²) in [5.41, 5.74) is 5.06. The van der Waals surface area contributed by atoms with E-state index in [-0.39, 0.29) is 0 Å². The highest BCUT2D eigenvalue weighted by atomic mass is 32.3. The highest BCUT2D eigenvalue weighted by Gasteiger charge is 2.06. The summed E-state index contributed by atoms with van der Waals surface area (Å²) < 4.78 is 31.3. The Morgan fingerprint density at radius 3 is 2.33 bits per heavy atom. The van der Waals surface area contributed by atoms with E-state index in [9.17, 15) is 8.42 Å². The van der Waals surface area contributed by atoms with Gasteiger partial charge in [0, 0.05) is 12.0 Å². The number of nitrogens with two attached hydrogens (primary N) is 1. The molecule has 0 aromatic heterocycles. The third kappa shape index (κ3) is 8.18. The maximum absolute atomic E-state index is 9.79. The lowest BCUT2D eigenvalue weighted by Gasteiger charge is -1.99. The second-order valence-corrected chi connectivity index (χ2v) is 3.63. The SMILES string of the molecule is CC(N)SOS(=O)(=O)O. The van der Waals surface area contributed by atoms with Gasteiger partial charge >= 0.3 is 10.4 Å². The third-order valence-electron chi connectivity index (χ3n) is 0.277. The Bertz CT molecular complexity index is 161. The van der Waals surface area contributed by atoms with Crippen LogP contribution < -0.4 is 5.73 Å². The van der Waals surface area contributed by atoms with Crippen LogP contribution >= 0.6 is 12.0 Å². The lowest BCUT2D eigenvalue weighted by atomic mass is 10.8. The summed E-state index contributed by atoms with van der Waals surface area (Å²) in [6.07, 6.45) is 0. The van der Waals surface area contributed by atoms with Gasteiger partial charge in [-0.2, -0.15) is 12.0 Å². The number of rotatable bonds is 3. The van der Waals surface area contributed by atoms with Gasteiger partial charge in [0.15, 0.2) is 0 Å². The van der Waals surface area contributed by atoms with Gasteiger partial charge in [0.25, 0.3) is 0 Å². The zero-order valence-corrected chi connectivity index (χ0v) is 6.28. The van der Waals surface area contributed by atoms with Crippen LogP contribution in [-0.2, 0) is 14.0 Å². The third-order valence-corrected chi connectivity index (χ3v) is 1.58.